The number of halogens is 1. The molecule has 7 heteroatoms. The molecular weight excluding hydrogens is 283 g/mol. The predicted molar refractivity (Wildman–Crippen MR) is 88.1 cm³/mol. The fraction of sp³-hybridized carbons (Fsp3) is 0.533. The third kappa shape index (κ3) is 3.86. The number of hydrazone groups is 1. The fourth-order valence-electron chi connectivity index (χ4n) is 2.77. The molecule has 2 rings (SSSR count). The van der Waals surface area contributed by atoms with Crippen molar-refractivity contribution in [2.45, 2.75) is 20.3 Å². The Kier molecular flexibility index (Phi) is 5.57. The number of piperazine rings is 1. The number of nitrogens with one attached hydrogen (secondary N) is 2. The predicted octanol–water partition coefficient (Wildman–Crippen LogP) is 0.517. The number of rotatable bonds is 5. The topological polar surface area (TPSA) is 91.7 Å². The van der Waals surface area contributed by atoms with Crippen LogP contribution in [-0.4, -0.2) is 32.0 Å². The summed E-state index contributed by atoms with van der Waals surface area (Å²) in [5.74, 6) is 5.34. The molecule has 6 nitrogen and oxygen atoms in total. The standard InChI is InChI=1S/C15H25FN6/c1-10(2)7-11-8-12(16)14(15(17)20-21-18)13(9-11)22-5-3-19-4-6-22/h8-10,19,21H,3-7,18H2,1-2H3,(H2,17,20). The number of nitrogens with two attached hydrogens (primary N) is 2. The summed E-state index contributed by atoms with van der Waals surface area (Å²) in [5.41, 5.74) is 10.1. The number of hydrazine groups is 1. The number of hydrogen-bond donors (Lipinski definition) is 4. The van der Waals surface area contributed by atoms with E-state index >= 15 is 0 Å². The number of anilines is 1. The molecule has 0 saturated carbocycles. The lowest BCUT2D eigenvalue weighted by Crippen LogP contribution is -2.44. The zero-order valence-corrected chi connectivity index (χ0v) is 13.2. The molecule has 122 valence electrons. The highest BCUT2D eigenvalue weighted by Gasteiger charge is 2.21. The van der Waals surface area contributed by atoms with Gasteiger partial charge in [-0.1, -0.05) is 13.8 Å². The Hall–Kier alpha value is -1.86. The van der Waals surface area contributed by atoms with Crippen LogP contribution in [0.2, 0.25) is 0 Å². The van der Waals surface area contributed by atoms with Gasteiger partial charge in [-0.05, 0) is 30.0 Å². The van der Waals surface area contributed by atoms with Crippen LogP contribution in [0, 0.1) is 11.7 Å². The Balaban J connectivity index is 2.47. The first-order valence-electron chi connectivity index (χ1n) is 7.60. The lowest BCUT2D eigenvalue weighted by molar-refractivity contribution is 0.580. The zero-order chi connectivity index (χ0) is 16.1. The van der Waals surface area contributed by atoms with E-state index in [1.54, 1.807) is 6.07 Å². The quantitative estimate of drug-likeness (QED) is 0.275. The molecule has 1 aromatic rings. The van der Waals surface area contributed by atoms with Gasteiger partial charge in [-0.15, -0.1) is 5.10 Å². The maximum absolute atomic E-state index is 14.6. The largest absolute Gasteiger partial charge is 0.382 e. The first-order chi connectivity index (χ1) is 10.5. The Labute approximate surface area is 130 Å². The van der Waals surface area contributed by atoms with Crippen LogP contribution in [0.15, 0.2) is 17.2 Å². The van der Waals surface area contributed by atoms with Crippen LogP contribution in [0.25, 0.3) is 0 Å². The molecule has 0 aromatic heterocycles. The molecule has 0 bridgehead atoms. The lowest BCUT2D eigenvalue weighted by Gasteiger charge is -2.31. The van der Waals surface area contributed by atoms with E-state index in [4.69, 9.17) is 11.6 Å². The second-order valence-electron chi connectivity index (χ2n) is 5.93. The van der Waals surface area contributed by atoms with Gasteiger partial charge in [0.2, 0.25) is 0 Å². The number of amidine groups is 1. The SMILES string of the molecule is CC(C)Cc1cc(F)c(/C(N)=N/NN)c(N2CCNCC2)c1. The van der Waals surface area contributed by atoms with Crippen molar-refractivity contribution in [2.75, 3.05) is 31.1 Å². The van der Waals surface area contributed by atoms with Crippen LogP contribution in [0.4, 0.5) is 10.1 Å². The van der Waals surface area contributed by atoms with Crippen LogP contribution in [0.1, 0.15) is 25.0 Å². The van der Waals surface area contributed by atoms with Crippen molar-refractivity contribution in [1.29, 1.82) is 0 Å². The van der Waals surface area contributed by atoms with Crippen molar-refractivity contribution in [3.05, 3.63) is 29.1 Å². The van der Waals surface area contributed by atoms with Gasteiger partial charge < -0.3 is 16.0 Å². The molecule has 1 aliphatic heterocycles. The van der Waals surface area contributed by atoms with E-state index in [2.05, 4.69) is 34.7 Å². The molecule has 0 aliphatic carbocycles. The molecule has 1 aromatic carbocycles. The summed E-state index contributed by atoms with van der Waals surface area (Å²) in [6.07, 6.45) is 0.822. The zero-order valence-electron chi connectivity index (χ0n) is 13.2. The second-order valence-corrected chi connectivity index (χ2v) is 5.93. The van der Waals surface area contributed by atoms with E-state index in [1.165, 1.54) is 0 Å². The highest BCUT2D eigenvalue weighted by Crippen LogP contribution is 2.27. The summed E-state index contributed by atoms with van der Waals surface area (Å²) in [7, 11) is 0. The normalized spacial score (nSPS) is 16.2. The molecule has 1 saturated heterocycles. The van der Waals surface area contributed by atoms with Gasteiger partial charge in [0.05, 0.1) is 11.3 Å². The lowest BCUT2D eigenvalue weighted by atomic mass is 9.98. The first kappa shape index (κ1) is 16.5. The third-order valence-electron chi connectivity index (χ3n) is 3.67. The molecule has 0 radical (unpaired) electrons. The molecule has 1 aliphatic rings. The average Bonchev–Trinajstić information content (AvgIpc) is 2.47. The van der Waals surface area contributed by atoms with Crippen LogP contribution < -0.4 is 27.3 Å². The molecule has 0 spiro atoms. The monoisotopic (exact) mass is 308 g/mol. The van der Waals surface area contributed by atoms with Crippen molar-refractivity contribution >= 4 is 11.5 Å². The first-order valence-corrected chi connectivity index (χ1v) is 7.60. The van der Waals surface area contributed by atoms with E-state index in [1.807, 2.05) is 6.07 Å². The summed E-state index contributed by atoms with van der Waals surface area (Å²) in [4.78, 5) is 2.14. The third-order valence-corrected chi connectivity index (χ3v) is 3.67. The maximum atomic E-state index is 14.6. The molecule has 0 unspecified atom stereocenters. The van der Waals surface area contributed by atoms with Crippen molar-refractivity contribution in [2.24, 2.45) is 22.6 Å². The molecule has 6 N–H and O–H groups in total. The average molecular weight is 308 g/mol. The minimum atomic E-state index is -0.358. The highest BCUT2D eigenvalue weighted by molar-refractivity contribution is 6.02. The summed E-state index contributed by atoms with van der Waals surface area (Å²) >= 11 is 0. The highest BCUT2D eigenvalue weighted by atomic mass is 19.1. The Morgan fingerprint density at radius 2 is 2.09 bits per heavy atom. The second kappa shape index (κ2) is 7.42. The van der Waals surface area contributed by atoms with Crippen LogP contribution in [-0.2, 0) is 6.42 Å². The van der Waals surface area contributed by atoms with E-state index in [0.717, 1.165) is 43.9 Å². The molecule has 22 heavy (non-hydrogen) atoms. The van der Waals surface area contributed by atoms with Crippen molar-refractivity contribution in [1.82, 2.24) is 10.9 Å². The summed E-state index contributed by atoms with van der Waals surface area (Å²) in [6, 6.07) is 3.56. The van der Waals surface area contributed by atoms with Crippen molar-refractivity contribution < 1.29 is 4.39 Å². The van der Waals surface area contributed by atoms with Crippen LogP contribution >= 0.6 is 0 Å². The maximum Gasteiger partial charge on any atom is 0.157 e. The van der Waals surface area contributed by atoms with Gasteiger partial charge in [0.15, 0.2) is 5.84 Å². The van der Waals surface area contributed by atoms with E-state index in [0.29, 0.717) is 11.5 Å². The molecule has 0 atom stereocenters. The summed E-state index contributed by atoms with van der Waals surface area (Å²) in [6.45, 7) is 7.57. The molecular formula is C15H25FN6. The fourth-order valence-corrected chi connectivity index (χ4v) is 2.77. The van der Waals surface area contributed by atoms with E-state index in [-0.39, 0.29) is 11.7 Å². The van der Waals surface area contributed by atoms with Gasteiger partial charge in [0, 0.05) is 26.2 Å². The minimum Gasteiger partial charge on any atom is -0.382 e. The molecule has 1 heterocycles. The van der Waals surface area contributed by atoms with Gasteiger partial charge in [-0.2, -0.15) is 0 Å². The van der Waals surface area contributed by atoms with Crippen LogP contribution in [0.5, 0.6) is 0 Å². The van der Waals surface area contributed by atoms with Crippen LogP contribution in [0.3, 0.4) is 0 Å². The Bertz CT molecular complexity index is 537. The minimum absolute atomic E-state index is 0.0598. The Morgan fingerprint density at radius 3 is 2.68 bits per heavy atom. The van der Waals surface area contributed by atoms with E-state index < -0.39 is 0 Å². The summed E-state index contributed by atoms with van der Waals surface area (Å²) in [5, 5.41) is 7.03. The molecule has 1 fully saturated rings. The van der Waals surface area contributed by atoms with Crippen molar-refractivity contribution in [3.8, 4) is 0 Å². The smallest absolute Gasteiger partial charge is 0.157 e. The van der Waals surface area contributed by atoms with Gasteiger partial charge in [0.25, 0.3) is 0 Å². The summed E-state index contributed by atoms with van der Waals surface area (Å²) < 4.78 is 14.6. The van der Waals surface area contributed by atoms with Gasteiger partial charge in [0.1, 0.15) is 5.82 Å². The number of nitrogens with zero attached hydrogens (tertiary/aromatic N) is 2. The van der Waals surface area contributed by atoms with E-state index in [9.17, 15) is 4.39 Å². The van der Waals surface area contributed by atoms with Crippen molar-refractivity contribution in [3.63, 3.8) is 0 Å². The molecule has 0 amide bonds. The number of benzene rings is 1. The van der Waals surface area contributed by atoms with Gasteiger partial charge >= 0.3 is 0 Å². The number of hydrogen-bond acceptors (Lipinski definition) is 5. The van der Waals surface area contributed by atoms with Gasteiger partial charge in [-0.3, -0.25) is 0 Å². The Morgan fingerprint density at radius 1 is 1.41 bits per heavy atom. The van der Waals surface area contributed by atoms with Gasteiger partial charge in [-0.25, -0.2) is 15.8 Å².